The van der Waals surface area contributed by atoms with Crippen LogP contribution in [0.15, 0.2) is 199 Å². The van der Waals surface area contributed by atoms with Crippen molar-refractivity contribution in [2.45, 2.75) is 0 Å². The van der Waals surface area contributed by atoms with Crippen LogP contribution in [0, 0.1) is 0 Å². The molecule has 13 rings (SSSR count). The Bertz CT molecular complexity index is 3910. The molecule has 0 saturated heterocycles. The first-order valence-corrected chi connectivity index (χ1v) is 20.3. The average Bonchev–Trinajstić information content (AvgIpc) is 3.84. The number of rotatable bonds is 4. The summed E-state index contributed by atoms with van der Waals surface area (Å²) >= 11 is 0. The van der Waals surface area contributed by atoms with E-state index in [4.69, 9.17) is 19.4 Å². The summed E-state index contributed by atoms with van der Waals surface area (Å²) in [6, 6.07) is 68.7. The van der Waals surface area contributed by atoms with E-state index in [-0.39, 0.29) is 0 Å². The molecule has 60 heavy (non-hydrogen) atoms. The maximum Gasteiger partial charge on any atom is 0.238 e. The van der Waals surface area contributed by atoms with Crippen LogP contribution in [0.25, 0.3) is 127 Å². The molecule has 278 valence electrons. The number of aromatic nitrogens is 4. The molecule has 0 spiro atoms. The first kappa shape index (κ1) is 32.9. The smallest absolute Gasteiger partial charge is 0.238 e. The fraction of sp³-hybridized carbons (Fsp3) is 0. The molecule has 13 aromatic rings. The van der Waals surface area contributed by atoms with Gasteiger partial charge in [-0.2, -0.15) is 9.97 Å². The molecule has 10 aromatic carbocycles. The predicted molar refractivity (Wildman–Crippen MR) is 248 cm³/mol. The van der Waals surface area contributed by atoms with Gasteiger partial charge in [0.2, 0.25) is 5.95 Å². The van der Waals surface area contributed by atoms with E-state index >= 15 is 0 Å². The third-order valence-electron chi connectivity index (χ3n) is 12.2. The molecule has 0 radical (unpaired) electrons. The maximum absolute atomic E-state index is 6.78. The summed E-state index contributed by atoms with van der Waals surface area (Å²) in [4.78, 5) is 16.2. The molecule has 0 bridgehead atoms. The van der Waals surface area contributed by atoms with Crippen molar-refractivity contribution in [2.75, 3.05) is 0 Å². The Morgan fingerprint density at radius 1 is 0.350 bits per heavy atom. The van der Waals surface area contributed by atoms with Gasteiger partial charge in [0.15, 0.2) is 11.6 Å². The van der Waals surface area contributed by atoms with Crippen molar-refractivity contribution in [1.82, 2.24) is 19.5 Å². The predicted octanol–water partition coefficient (Wildman–Crippen LogP) is 14.5. The molecule has 0 aliphatic heterocycles. The molecule has 3 heterocycles. The van der Waals surface area contributed by atoms with Crippen LogP contribution in [-0.4, -0.2) is 19.5 Å². The van der Waals surface area contributed by atoms with Gasteiger partial charge in [-0.3, -0.25) is 4.57 Å². The van der Waals surface area contributed by atoms with Crippen LogP contribution < -0.4 is 0 Å². The standard InChI is InChI=1S/C55H32N4O/c1-3-16-37-31-49-47(29-35(37)14-1)44-27-26-34-13-6-8-22-43(34)51(44)59(49)55-57-53(40-20-9-19-39(28-40)42-23-10-18-33-12-5-7-21-41(33)42)56-54(58-55)46-25-11-24-45-48-30-36-15-2-4-17-38(36)32-50(48)60-52(45)46/h1-32H. The lowest BCUT2D eigenvalue weighted by molar-refractivity contribution is 0.670. The van der Waals surface area contributed by atoms with Crippen LogP contribution in [0.3, 0.4) is 0 Å². The van der Waals surface area contributed by atoms with Crippen molar-refractivity contribution >= 4 is 86.8 Å². The highest BCUT2D eigenvalue weighted by molar-refractivity contribution is 6.20. The molecular formula is C55H32N4O. The molecule has 3 aromatic heterocycles. The Morgan fingerprint density at radius 2 is 0.933 bits per heavy atom. The van der Waals surface area contributed by atoms with Gasteiger partial charge in [0.05, 0.1) is 16.6 Å². The minimum Gasteiger partial charge on any atom is -0.455 e. The Labute approximate surface area is 343 Å². The SMILES string of the molecule is c1cc(-c2nc(-c3cccc4c3oc3cc5ccccc5cc34)nc(-n3c4cc5ccccc5cc4c4ccc5ccccc5c43)n2)cc(-c2cccc3ccccc23)c1. The molecule has 0 aliphatic rings. The zero-order valence-electron chi connectivity index (χ0n) is 32.2. The number of benzene rings is 10. The van der Waals surface area contributed by atoms with Gasteiger partial charge in [-0.15, -0.1) is 0 Å². The van der Waals surface area contributed by atoms with Crippen molar-refractivity contribution in [1.29, 1.82) is 0 Å². The summed E-state index contributed by atoms with van der Waals surface area (Å²) in [6.07, 6.45) is 0. The van der Waals surface area contributed by atoms with Crippen LogP contribution in [0.5, 0.6) is 0 Å². The van der Waals surface area contributed by atoms with Gasteiger partial charge in [-0.25, -0.2) is 4.98 Å². The van der Waals surface area contributed by atoms with Crippen molar-refractivity contribution in [3.05, 3.63) is 194 Å². The molecular weight excluding hydrogens is 733 g/mol. The second-order valence-corrected chi connectivity index (χ2v) is 15.6. The van der Waals surface area contributed by atoms with E-state index in [1.165, 1.54) is 21.5 Å². The van der Waals surface area contributed by atoms with Crippen LogP contribution >= 0.6 is 0 Å². The maximum atomic E-state index is 6.78. The molecule has 0 aliphatic carbocycles. The summed E-state index contributed by atoms with van der Waals surface area (Å²) < 4.78 is 9.02. The summed E-state index contributed by atoms with van der Waals surface area (Å²) in [7, 11) is 0. The number of para-hydroxylation sites is 1. The fourth-order valence-corrected chi connectivity index (χ4v) is 9.35. The first-order valence-electron chi connectivity index (χ1n) is 20.3. The minimum atomic E-state index is 0.538. The number of hydrogen-bond acceptors (Lipinski definition) is 4. The molecule has 0 amide bonds. The lowest BCUT2D eigenvalue weighted by Crippen LogP contribution is -2.07. The highest BCUT2D eigenvalue weighted by Crippen LogP contribution is 2.41. The lowest BCUT2D eigenvalue weighted by atomic mass is 9.97. The lowest BCUT2D eigenvalue weighted by Gasteiger charge is -2.13. The zero-order chi connectivity index (χ0) is 39.3. The van der Waals surface area contributed by atoms with E-state index < -0.39 is 0 Å². The topological polar surface area (TPSA) is 56.7 Å². The molecule has 0 N–H and O–H groups in total. The largest absolute Gasteiger partial charge is 0.455 e. The normalized spacial score (nSPS) is 12.0. The molecule has 0 fully saturated rings. The fourth-order valence-electron chi connectivity index (χ4n) is 9.35. The third kappa shape index (κ3) is 4.96. The average molecular weight is 765 g/mol. The van der Waals surface area contributed by atoms with Crippen molar-refractivity contribution in [3.8, 4) is 39.9 Å². The van der Waals surface area contributed by atoms with Gasteiger partial charge in [-0.05, 0) is 85.2 Å². The summed E-state index contributed by atoms with van der Waals surface area (Å²) in [5.41, 5.74) is 7.60. The van der Waals surface area contributed by atoms with Gasteiger partial charge in [-0.1, -0.05) is 158 Å². The Hall–Kier alpha value is -8.15. The van der Waals surface area contributed by atoms with Gasteiger partial charge < -0.3 is 4.42 Å². The number of fused-ring (bicyclic) bond motifs is 11. The summed E-state index contributed by atoms with van der Waals surface area (Å²) in [5.74, 6) is 1.65. The molecule has 0 atom stereocenters. The van der Waals surface area contributed by atoms with E-state index in [1.54, 1.807) is 0 Å². The second kappa shape index (κ2) is 12.7. The van der Waals surface area contributed by atoms with E-state index in [2.05, 4.69) is 199 Å². The van der Waals surface area contributed by atoms with Gasteiger partial charge in [0.25, 0.3) is 0 Å². The van der Waals surface area contributed by atoms with Gasteiger partial charge in [0.1, 0.15) is 11.2 Å². The van der Waals surface area contributed by atoms with Crippen LogP contribution in [0.1, 0.15) is 0 Å². The Balaban J connectivity index is 1.12. The van der Waals surface area contributed by atoms with E-state index in [0.717, 1.165) is 87.5 Å². The van der Waals surface area contributed by atoms with Crippen molar-refractivity contribution < 1.29 is 4.42 Å². The van der Waals surface area contributed by atoms with Crippen molar-refractivity contribution in [2.24, 2.45) is 0 Å². The Kier molecular flexibility index (Phi) is 6.95. The summed E-state index contributed by atoms with van der Waals surface area (Å²) in [6.45, 7) is 0. The third-order valence-corrected chi connectivity index (χ3v) is 12.2. The van der Waals surface area contributed by atoms with Crippen LogP contribution in [0.4, 0.5) is 0 Å². The zero-order valence-corrected chi connectivity index (χ0v) is 32.2. The van der Waals surface area contributed by atoms with Gasteiger partial charge >= 0.3 is 0 Å². The van der Waals surface area contributed by atoms with E-state index in [9.17, 15) is 0 Å². The van der Waals surface area contributed by atoms with Crippen LogP contribution in [-0.2, 0) is 0 Å². The molecule has 0 unspecified atom stereocenters. The van der Waals surface area contributed by atoms with E-state index in [0.29, 0.717) is 17.6 Å². The van der Waals surface area contributed by atoms with Crippen LogP contribution in [0.2, 0.25) is 0 Å². The highest BCUT2D eigenvalue weighted by Gasteiger charge is 2.22. The highest BCUT2D eigenvalue weighted by atomic mass is 16.3. The quantitative estimate of drug-likeness (QED) is 0.179. The second-order valence-electron chi connectivity index (χ2n) is 15.6. The van der Waals surface area contributed by atoms with Crippen molar-refractivity contribution in [3.63, 3.8) is 0 Å². The number of furan rings is 1. The molecule has 5 heteroatoms. The Morgan fingerprint density at radius 3 is 1.75 bits per heavy atom. The molecule has 0 saturated carbocycles. The van der Waals surface area contributed by atoms with Gasteiger partial charge in [0, 0.05) is 32.5 Å². The number of hydrogen-bond donors (Lipinski definition) is 0. The summed E-state index contributed by atoms with van der Waals surface area (Å²) in [5, 5.41) is 13.7. The minimum absolute atomic E-state index is 0.538. The molecule has 5 nitrogen and oxygen atoms in total. The van der Waals surface area contributed by atoms with E-state index in [1.807, 2.05) is 0 Å². The first-order chi connectivity index (χ1) is 29.7. The number of nitrogens with zero attached hydrogens (tertiary/aromatic N) is 4. The monoisotopic (exact) mass is 764 g/mol.